The fraction of sp³-hybridized carbons (Fsp3) is 0.429. The van der Waals surface area contributed by atoms with Crippen molar-refractivity contribution >= 4 is 11.0 Å². The largest absolute Gasteiger partial charge is 0.464 e. The Bertz CT molecular complexity index is 484. The lowest BCUT2D eigenvalue weighted by atomic mass is 10.0. The molecule has 1 unspecified atom stereocenters. The van der Waals surface area contributed by atoms with Gasteiger partial charge in [0, 0.05) is 17.0 Å². The third kappa shape index (κ3) is 1.74. The van der Waals surface area contributed by atoms with Crippen molar-refractivity contribution in [3.8, 4) is 0 Å². The first-order valence-corrected chi connectivity index (χ1v) is 6.02. The van der Waals surface area contributed by atoms with Crippen LogP contribution in [0.15, 0.2) is 34.9 Å². The van der Waals surface area contributed by atoms with E-state index in [4.69, 9.17) is 4.42 Å². The molecule has 1 saturated carbocycles. The number of hydrogen-bond acceptors (Lipinski definition) is 2. The summed E-state index contributed by atoms with van der Waals surface area (Å²) in [5, 5.41) is 4.66. The van der Waals surface area contributed by atoms with Crippen LogP contribution in [0.3, 0.4) is 0 Å². The van der Waals surface area contributed by atoms with Gasteiger partial charge in [-0.2, -0.15) is 0 Å². The van der Waals surface area contributed by atoms with Crippen LogP contribution in [-0.4, -0.2) is 7.05 Å². The maximum Gasteiger partial charge on any atom is 0.134 e. The summed E-state index contributed by atoms with van der Waals surface area (Å²) in [6.45, 7) is 0. The number of rotatable bonds is 4. The fourth-order valence-electron chi connectivity index (χ4n) is 2.36. The lowest BCUT2D eigenvalue weighted by Gasteiger charge is -2.14. The molecule has 2 aromatic rings. The van der Waals surface area contributed by atoms with Gasteiger partial charge in [-0.05, 0) is 25.5 Å². The monoisotopic (exact) mass is 215 g/mol. The van der Waals surface area contributed by atoms with Gasteiger partial charge in [-0.25, -0.2) is 0 Å². The Morgan fingerprint density at radius 3 is 2.94 bits per heavy atom. The van der Waals surface area contributed by atoms with Crippen molar-refractivity contribution in [3.05, 3.63) is 36.1 Å². The van der Waals surface area contributed by atoms with E-state index in [0.717, 1.165) is 11.5 Å². The van der Waals surface area contributed by atoms with E-state index in [-0.39, 0.29) is 0 Å². The molecule has 1 atom stereocenters. The number of fused-ring (bicyclic) bond motifs is 1. The maximum atomic E-state index is 5.59. The van der Waals surface area contributed by atoms with E-state index in [9.17, 15) is 0 Å². The highest BCUT2D eigenvalue weighted by atomic mass is 16.3. The molecule has 0 aliphatic heterocycles. The number of hydrogen-bond donors (Lipinski definition) is 1. The van der Waals surface area contributed by atoms with Gasteiger partial charge in [0.15, 0.2) is 0 Å². The number of benzene rings is 1. The molecule has 1 aromatic heterocycles. The molecule has 16 heavy (non-hydrogen) atoms. The summed E-state index contributed by atoms with van der Waals surface area (Å²) in [6.07, 6.45) is 5.94. The summed E-state index contributed by atoms with van der Waals surface area (Å²) >= 11 is 0. The highest BCUT2D eigenvalue weighted by Crippen LogP contribution is 2.39. The SMILES string of the molecule is CNC(CC1CC1)c1coc2ccccc12. The van der Waals surface area contributed by atoms with Crippen LogP contribution in [0.1, 0.15) is 30.9 Å². The summed E-state index contributed by atoms with van der Waals surface area (Å²) in [7, 11) is 2.04. The van der Waals surface area contributed by atoms with Crippen LogP contribution in [0.4, 0.5) is 0 Å². The Hall–Kier alpha value is -1.28. The van der Waals surface area contributed by atoms with Gasteiger partial charge in [0.2, 0.25) is 0 Å². The Morgan fingerprint density at radius 2 is 2.19 bits per heavy atom. The van der Waals surface area contributed by atoms with Crippen LogP contribution < -0.4 is 5.32 Å². The predicted molar refractivity (Wildman–Crippen MR) is 65.4 cm³/mol. The van der Waals surface area contributed by atoms with Gasteiger partial charge < -0.3 is 9.73 Å². The first-order chi connectivity index (χ1) is 7.88. The number of furan rings is 1. The second-order valence-corrected chi connectivity index (χ2v) is 4.71. The molecule has 1 aromatic carbocycles. The molecule has 0 amide bonds. The predicted octanol–water partition coefficient (Wildman–Crippen LogP) is 3.49. The Morgan fingerprint density at radius 1 is 1.38 bits per heavy atom. The van der Waals surface area contributed by atoms with Crippen molar-refractivity contribution in [2.24, 2.45) is 5.92 Å². The van der Waals surface area contributed by atoms with Crippen molar-refractivity contribution in [3.63, 3.8) is 0 Å². The van der Waals surface area contributed by atoms with Crippen molar-refractivity contribution in [1.29, 1.82) is 0 Å². The summed E-state index contributed by atoms with van der Waals surface area (Å²) in [5.41, 5.74) is 2.30. The zero-order valence-electron chi connectivity index (χ0n) is 9.57. The third-order valence-corrected chi connectivity index (χ3v) is 3.50. The molecular weight excluding hydrogens is 198 g/mol. The highest BCUT2D eigenvalue weighted by molar-refractivity contribution is 5.81. The standard InChI is InChI=1S/C14H17NO/c1-15-13(8-10-6-7-10)12-9-16-14-5-3-2-4-11(12)14/h2-5,9-10,13,15H,6-8H2,1H3. The zero-order valence-corrected chi connectivity index (χ0v) is 9.57. The van der Waals surface area contributed by atoms with E-state index in [0.29, 0.717) is 6.04 Å². The molecule has 0 radical (unpaired) electrons. The Kier molecular flexibility index (Phi) is 2.44. The van der Waals surface area contributed by atoms with Gasteiger partial charge in [0.25, 0.3) is 0 Å². The summed E-state index contributed by atoms with van der Waals surface area (Å²) < 4.78 is 5.59. The lowest BCUT2D eigenvalue weighted by molar-refractivity contribution is 0.506. The van der Waals surface area contributed by atoms with Crippen LogP contribution in [-0.2, 0) is 0 Å². The summed E-state index contributed by atoms with van der Waals surface area (Å²) in [4.78, 5) is 0. The third-order valence-electron chi connectivity index (χ3n) is 3.50. The minimum Gasteiger partial charge on any atom is -0.464 e. The summed E-state index contributed by atoms with van der Waals surface area (Å²) in [5.74, 6) is 0.922. The van der Waals surface area contributed by atoms with Crippen LogP contribution in [0.5, 0.6) is 0 Å². The molecule has 1 N–H and O–H groups in total. The second-order valence-electron chi connectivity index (χ2n) is 4.71. The Balaban J connectivity index is 1.95. The first-order valence-electron chi connectivity index (χ1n) is 6.02. The molecule has 2 nitrogen and oxygen atoms in total. The average Bonchev–Trinajstić information content (AvgIpc) is 3.04. The molecule has 0 spiro atoms. The van der Waals surface area contributed by atoms with Gasteiger partial charge in [0.05, 0.1) is 6.26 Å². The van der Waals surface area contributed by atoms with E-state index in [1.54, 1.807) is 0 Å². The van der Waals surface area contributed by atoms with Crippen molar-refractivity contribution < 1.29 is 4.42 Å². The average molecular weight is 215 g/mol. The molecule has 0 saturated heterocycles. The van der Waals surface area contributed by atoms with Crippen LogP contribution >= 0.6 is 0 Å². The van der Waals surface area contributed by atoms with E-state index in [1.165, 1.54) is 30.2 Å². The van der Waals surface area contributed by atoms with Gasteiger partial charge in [-0.1, -0.05) is 31.0 Å². The van der Waals surface area contributed by atoms with E-state index < -0.39 is 0 Å². The molecule has 1 fully saturated rings. The van der Waals surface area contributed by atoms with Gasteiger partial charge in [-0.3, -0.25) is 0 Å². The highest BCUT2D eigenvalue weighted by Gasteiger charge is 2.26. The maximum absolute atomic E-state index is 5.59. The minimum atomic E-state index is 0.441. The van der Waals surface area contributed by atoms with Gasteiger partial charge in [0.1, 0.15) is 5.58 Å². The van der Waals surface area contributed by atoms with Crippen LogP contribution in [0.2, 0.25) is 0 Å². The fourth-order valence-corrected chi connectivity index (χ4v) is 2.36. The van der Waals surface area contributed by atoms with Gasteiger partial charge in [-0.15, -0.1) is 0 Å². The zero-order chi connectivity index (χ0) is 11.0. The van der Waals surface area contributed by atoms with Crippen LogP contribution in [0.25, 0.3) is 11.0 Å². The molecule has 0 bridgehead atoms. The molecule has 2 heteroatoms. The number of nitrogens with one attached hydrogen (secondary N) is 1. The quantitative estimate of drug-likeness (QED) is 0.844. The smallest absolute Gasteiger partial charge is 0.134 e. The van der Waals surface area contributed by atoms with Crippen LogP contribution in [0, 0.1) is 5.92 Å². The van der Waals surface area contributed by atoms with Gasteiger partial charge >= 0.3 is 0 Å². The first kappa shape index (κ1) is 9.91. The van der Waals surface area contributed by atoms with Crippen molar-refractivity contribution in [2.75, 3.05) is 7.05 Å². The summed E-state index contributed by atoms with van der Waals surface area (Å²) in [6, 6.07) is 8.71. The van der Waals surface area contributed by atoms with E-state index >= 15 is 0 Å². The minimum absolute atomic E-state index is 0.441. The second kappa shape index (κ2) is 3.95. The molecular formula is C14H17NO. The molecule has 1 aliphatic rings. The normalized spacial score (nSPS) is 17.8. The molecule has 1 heterocycles. The van der Waals surface area contributed by atoms with E-state index in [2.05, 4.69) is 17.4 Å². The lowest BCUT2D eigenvalue weighted by Crippen LogP contribution is -2.16. The topological polar surface area (TPSA) is 25.2 Å². The molecule has 1 aliphatic carbocycles. The Labute approximate surface area is 95.6 Å². The van der Waals surface area contributed by atoms with Crippen molar-refractivity contribution in [1.82, 2.24) is 5.32 Å². The van der Waals surface area contributed by atoms with Crippen molar-refractivity contribution in [2.45, 2.75) is 25.3 Å². The number of para-hydroxylation sites is 1. The molecule has 3 rings (SSSR count). The molecule has 84 valence electrons. The van der Waals surface area contributed by atoms with E-state index in [1.807, 2.05) is 25.4 Å².